The van der Waals surface area contributed by atoms with Crippen LogP contribution in [0, 0.1) is 5.92 Å². The second-order valence-corrected chi connectivity index (χ2v) is 5.09. The molecule has 1 aromatic carbocycles. The Morgan fingerprint density at radius 3 is 2.77 bits per heavy atom. The zero-order valence-electron chi connectivity index (χ0n) is 12.4. The monoisotopic (exact) mass is 314 g/mol. The number of rotatable bonds is 6. The molecule has 1 amide bonds. The first-order valence-corrected chi connectivity index (χ1v) is 7.20. The number of hydrogen-bond acceptors (Lipinski definition) is 4. The molecule has 0 aromatic heterocycles. The van der Waals surface area contributed by atoms with Gasteiger partial charge in [-0.25, -0.2) is 0 Å². The molecule has 1 aliphatic rings. The molecule has 1 fully saturated rings. The van der Waals surface area contributed by atoms with Gasteiger partial charge in [-0.05, 0) is 44.1 Å². The Labute approximate surface area is 128 Å². The minimum absolute atomic E-state index is 0.0358. The van der Waals surface area contributed by atoms with Crippen molar-refractivity contribution in [1.82, 2.24) is 10.6 Å². The Morgan fingerprint density at radius 2 is 2.14 bits per heavy atom. The van der Waals surface area contributed by atoms with Crippen molar-refractivity contribution in [2.45, 2.75) is 26.0 Å². The van der Waals surface area contributed by atoms with Crippen molar-refractivity contribution in [3.8, 4) is 11.5 Å². The average molecular weight is 314 g/mol. The molecule has 1 aromatic rings. The molecule has 22 heavy (non-hydrogen) atoms. The lowest BCUT2D eigenvalue weighted by atomic mass is 9.97. The van der Waals surface area contributed by atoms with E-state index in [1.807, 2.05) is 0 Å². The van der Waals surface area contributed by atoms with Crippen LogP contribution in [0.2, 0.25) is 0 Å². The van der Waals surface area contributed by atoms with Crippen LogP contribution in [0.4, 0.5) is 8.78 Å². The maximum absolute atomic E-state index is 12.4. The topological polar surface area (TPSA) is 59.6 Å². The van der Waals surface area contributed by atoms with Crippen molar-refractivity contribution in [1.29, 1.82) is 0 Å². The van der Waals surface area contributed by atoms with E-state index in [0.29, 0.717) is 11.3 Å². The van der Waals surface area contributed by atoms with Gasteiger partial charge in [0.15, 0.2) is 0 Å². The number of alkyl halides is 2. The van der Waals surface area contributed by atoms with E-state index >= 15 is 0 Å². The Balaban J connectivity index is 2.01. The van der Waals surface area contributed by atoms with E-state index < -0.39 is 6.61 Å². The first kappa shape index (κ1) is 16.5. The third-order valence-corrected chi connectivity index (χ3v) is 3.65. The van der Waals surface area contributed by atoms with Gasteiger partial charge in [0.2, 0.25) is 5.91 Å². The summed E-state index contributed by atoms with van der Waals surface area (Å²) in [4.78, 5) is 12.1. The lowest BCUT2D eigenvalue weighted by Gasteiger charge is -2.22. The van der Waals surface area contributed by atoms with Crippen LogP contribution in [0.15, 0.2) is 18.2 Å². The summed E-state index contributed by atoms with van der Waals surface area (Å²) < 4.78 is 34.4. The minimum Gasteiger partial charge on any atom is -0.497 e. The maximum atomic E-state index is 12.4. The predicted molar refractivity (Wildman–Crippen MR) is 77.1 cm³/mol. The molecular formula is C15H20F2N2O3. The van der Waals surface area contributed by atoms with Gasteiger partial charge in [0.25, 0.3) is 0 Å². The fourth-order valence-corrected chi connectivity index (χ4v) is 2.44. The summed E-state index contributed by atoms with van der Waals surface area (Å²) in [5.74, 6) is 0.466. The molecule has 122 valence electrons. The summed E-state index contributed by atoms with van der Waals surface area (Å²) in [5, 5.41) is 5.98. The molecule has 0 aliphatic carbocycles. The number of nitrogens with one attached hydrogen (secondary N) is 2. The van der Waals surface area contributed by atoms with Gasteiger partial charge in [0, 0.05) is 18.0 Å². The quantitative estimate of drug-likeness (QED) is 0.842. The van der Waals surface area contributed by atoms with E-state index in [1.165, 1.54) is 19.2 Å². The third kappa shape index (κ3) is 4.56. The smallest absolute Gasteiger partial charge is 0.387 e. The number of hydrogen-bond donors (Lipinski definition) is 2. The van der Waals surface area contributed by atoms with Crippen LogP contribution in [0.1, 0.15) is 18.4 Å². The fraction of sp³-hybridized carbons (Fsp3) is 0.533. The van der Waals surface area contributed by atoms with Gasteiger partial charge in [-0.1, -0.05) is 0 Å². The minimum atomic E-state index is -2.91. The molecule has 0 unspecified atom stereocenters. The molecule has 5 nitrogen and oxygen atoms in total. The van der Waals surface area contributed by atoms with Crippen molar-refractivity contribution in [2.75, 3.05) is 20.2 Å². The van der Waals surface area contributed by atoms with Gasteiger partial charge < -0.3 is 20.1 Å². The number of piperidine rings is 1. The van der Waals surface area contributed by atoms with Gasteiger partial charge in [-0.2, -0.15) is 8.78 Å². The standard InChI is InChI=1S/C15H20F2N2O3/c1-21-12-2-3-13(22-15(16)17)11(8-12)9-19-14(20)10-4-6-18-7-5-10/h2-3,8,10,15,18H,4-7,9H2,1H3,(H,19,20). The first-order chi connectivity index (χ1) is 10.6. The second kappa shape index (κ2) is 7.93. The Kier molecular flexibility index (Phi) is 5.94. The van der Waals surface area contributed by atoms with Gasteiger partial charge in [0.1, 0.15) is 11.5 Å². The third-order valence-electron chi connectivity index (χ3n) is 3.65. The molecule has 1 saturated heterocycles. The summed E-state index contributed by atoms with van der Waals surface area (Å²) in [6.45, 7) is -1.15. The van der Waals surface area contributed by atoms with Crippen LogP contribution in [0.3, 0.4) is 0 Å². The number of ether oxygens (including phenoxy) is 2. The second-order valence-electron chi connectivity index (χ2n) is 5.09. The molecule has 0 saturated carbocycles. The highest BCUT2D eigenvalue weighted by atomic mass is 19.3. The normalized spacial score (nSPS) is 15.6. The highest BCUT2D eigenvalue weighted by molar-refractivity contribution is 5.78. The Hall–Kier alpha value is -1.89. The van der Waals surface area contributed by atoms with Crippen LogP contribution < -0.4 is 20.1 Å². The van der Waals surface area contributed by atoms with Gasteiger partial charge in [0.05, 0.1) is 7.11 Å². The molecule has 2 N–H and O–H groups in total. The summed E-state index contributed by atoms with van der Waals surface area (Å²) in [6.07, 6.45) is 1.56. The summed E-state index contributed by atoms with van der Waals surface area (Å²) in [7, 11) is 1.49. The molecular weight excluding hydrogens is 294 g/mol. The first-order valence-electron chi connectivity index (χ1n) is 7.20. The van der Waals surface area contributed by atoms with Crippen molar-refractivity contribution in [3.63, 3.8) is 0 Å². The molecule has 1 heterocycles. The van der Waals surface area contributed by atoms with E-state index in [0.717, 1.165) is 25.9 Å². The maximum Gasteiger partial charge on any atom is 0.387 e. The number of amides is 1. The lowest BCUT2D eigenvalue weighted by Crippen LogP contribution is -2.37. The number of methoxy groups -OCH3 is 1. The lowest BCUT2D eigenvalue weighted by molar-refractivity contribution is -0.125. The number of carbonyl (C=O) groups is 1. The van der Waals surface area contributed by atoms with Crippen LogP contribution in [0.5, 0.6) is 11.5 Å². The fourth-order valence-electron chi connectivity index (χ4n) is 2.44. The summed E-state index contributed by atoms with van der Waals surface area (Å²) >= 11 is 0. The zero-order chi connectivity index (χ0) is 15.9. The van der Waals surface area contributed by atoms with E-state index in [9.17, 15) is 13.6 Å². The van der Waals surface area contributed by atoms with E-state index in [2.05, 4.69) is 15.4 Å². The Bertz CT molecular complexity index is 506. The van der Waals surface area contributed by atoms with Crippen LogP contribution in [-0.2, 0) is 11.3 Å². The van der Waals surface area contributed by atoms with Gasteiger partial charge in [-0.3, -0.25) is 4.79 Å². The molecule has 7 heteroatoms. The number of halogens is 2. The van der Waals surface area contributed by atoms with Gasteiger partial charge in [-0.15, -0.1) is 0 Å². The van der Waals surface area contributed by atoms with Crippen molar-refractivity contribution < 1.29 is 23.0 Å². The van der Waals surface area contributed by atoms with E-state index in [1.54, 1.807) is 6.07 Å². The highest BCUT2D eigenvalue weighted by Gasteiger charge is 2.21. The molecule has 0 spiro atoms. The SMILES string of the molecule is COc1ccc(OC(F)F)c(CNC(=O)C2CCNCC2)c1. The van der Waals surface area contributed by atoms with Crippen molar-refractivity contribution in [3.05, 3.63) is 23.8 Å². The van der Waals surface area contributed by atoms with E-state index in [4.69, 9.17) is 4.74 Å². The molecule has 2 rings (SSSR count). The van der Waals surface area contributed by atoms with Crippen LogP contribution in [-0.4, -0.2) is 32.7 Å². The summed E-state index contributed by atoms with van der Waals surface area (Å²) in [6, 6.07) is 4.53. The molecule has 0 radical (unpaired) electrons. The zero-order valence-corrected chi connectivity index (χ0v) is 12.4. The van der Waals surface area contributed by atoms with Crippen molar-refractivity contribution >= 4 is 5.91 Å². The molecule has 0 bridgehead atoms. The van der Waals surface area contributed by atoms with Crippen LogP contribution in [0.25, 0.3) is 0 Å². The van der Waals surface area contributed by atoms with Gasteiger partial charge >= 0.3 is 6.61 Å². The largest absolute Gasteiger partial charge is 0.497 e. The van der Waals surface area contributed by atoms with E-state index in [-0.39, 0.29) is 24.1 Å². The predicted octanol–water partition coefficient (Wildman–Crippen LogP) is 1.91. The Morgan fingerprint density at radius 1 is 1.41 bits per heavy atom. The summed E-state index contributed by atoms with van der Waals surface area (Å²) in [5.41, 5.74) is 0.460. The molecule has 1 aliphatic heterocycles. The number of benzene rings is 1. The van der Waals surface area contributed by atoms with Crippen molar-refractivity contribution in [2.24, 2.45) is 5.92 Å². The molecule has 0 atom stereocenters. The van der Waals surface area contributed by atoms with Crippen LogP contribution >= 0.6 is 0 Å². The highest BCUT2D eigenvalue weighted by Crippen LogP contribution is 2.26. The number of carbonyl (C=O) groups excluding carboxylic acids is 1. The average Bonchev–Trinajstić information content (AvgIpc) is 2.54.